The van der Waals surface area contributed by atoms with Crippen LogP contribution in [0.4, 0.5) is 5.82 Å². The molecule has 5 aliphatic heterocycles. The second-order valence-electron chi connectivity index (χ2n) is 12.3. The maximum atomic E-state index is 9.81. The van der Waals surface area contributed by atoms with Gasteiger partial charge in [-0.1, -0.05) is 6.07 Å². The molecule has 5 saturated heterocycles. The Morgan fingerprint density at radius 1 is 1.02 bits per heavy atom. The second kappa shape index (κ2) is 11.6. The molecular formula is C33H36N8O4. The first-order chi connectivity index (χ1) is 22.1. The van der Waals surface area contributed by atoms with Crippen molar-refractivity contribution in [1.29, 1.82) is 5.26 Å². The quantitative estimate of drug-likeness (QED) is 0.294. The highest BCUT2D eigenvalue weighted by atomic mass is 16.7. The highest BCUT2D eigenvalue weighted by molar-refractivity contribution is 5.85. The first kappa shape index (κ1) is 28.2. The number of likely N-dealkylation sites (tertiary alicyclic amines) is 1. The minimum Gasteiger partial charge on any atom is -0.481 e. The normalized spacial score (nSPS) is 22.8. The second-order valence-corrected chi connectivity index (χ2v) is 12.3. The van der Waals surface area contributed by atoms with Gasteiger partial charge in [-0.25, -0.2) is 14.5 Å². The minimum absolute atomic E-state index is 0.409. The summed E-state index contributed by atoms with van der Waals surface area (Å²) in [5.41, 5.74) is 4.25. The van der Waals surface area contributed by atoms with Crippen molar-refractivity contribution >= 4 is 11.3 Å². The molecule has 45 heavy (non-hydrogen) atoms. The van der Waals surface area contributed by atoms with E-state index in [0.717, 1.165) is 68.0 Å². The van der Waals surface area contributed by atoms with Gasteiger partial charge in [0.05, 0.1) is 43.8 Å². The molecule has 0 aliphatic carbocycles. The van der Waals surface area contributed by atoms with Gasteiger partial charge in [-0.05, 0) is 30.2 Å². The highest BCUT2D eigenvalue weighted by Crippen LogP contribution is 2.37. The van der Waals surface area contributed by atoms with Crippen LogP contribution in [0.5, 0.6) is 11.6 Å². The Bertz CT molecular complexity index is 1690. The number of hydrogen-bond donors (Lipinski definition) is 0. The zero-order valence-electron chi connectivity index (χ0n) is 25.3. The molecule has 0 amide bonds. The molecule has 0 aromatic carbocycles. The lowest BCUT2D eigenvalue weighted by molar-refractivity contribution is -0.188. The van der Waals surface area contributed by atoms with Crippen molar-refractivity contribution in [2.75, 3.05) is 58.1 Å². The van der Waals surface area contributed by atoms with Gasteiger partial charge in [0.1, 0.15) is 24.4 Å². The number of fused-ring (bicyclic) bond motifs is 3. The lowest BCUT2D eigenvalue weighted by Crippen LogP contribution is -2.68. The van der Waals surface area contributed by atoms with Crippen LogP contribution in [0.25, 0.3) is 16.6 Å². The molecule has 12 heteroatoms. The third kappa shape index (κ3) is 5.36. The summed E-state index contributed by atoms with van der Waals surface area (Å²) < 4.78 is 24.9. The van der Waals surface area contributed by atoms with Crippen molar-refractivity contribution in [3.05, 3.63) is 66.2 Å². The lowest BCUT2D eigenvalue weighted by Gasteiger charge is -2.56. The number of methoxy groups -OCH3 is 1. The van der Waals surface area contributed by atoms with Crippen LogP contribution in [-0.2, 0) is 16.0 Å². The van der Waals surface area contributed by atoms with E-state index >= 15 is 0 Å². The Morgan fingerprint density at radius 2 is 1.84 bits per heavy atom. The average molecular weight is 609 g/mol. The molecule has 2 atom stereocenters. The molecule has 12 nitrogen and oxygen atoms in total. The molecule has 5 fully saturated rings. The van der Waals surface area contributed by atoms with E-state index in [1.54, 1.807) is 17.8 Å². The minimum atomic E-state index is -0.409. The number of piperidine rings is 2. The van der Waals surface area contributed by atoms with E-state index in [-0.39, 0.29) is 0 Å². The van der Waals surface area contributed by atoms with Gasteiger partial charge in [-0.2, -0.15) is 10.4 Å². The van der Waals surface area contributed by atoms with E-state index in [2.05, 4.69) is 49.1 Å². The van der Waals surface area contributed by atoms with Crippen molar-refractivity contribution in [1.82, 2.24) is 29.4 Å². The summed E-state index contributed by atoms with van der Waals surface area (Å²) in [6.45, 7) is 6.26. The third-order valence-electron chi connectivity index (χ3n) is 9.65. The van der Waals surface area contributed by atoms with Gasteiger partial charge in [0.15, 0.2) is 5.79 Å². The first-order valence-corrected chi connectivity index (χ1v) is 15.6. The molecule has 9 heterocycles. The number of nitrogens with zero attached hydrogens (tertiary/aromatic N) is 8. The Hall–Kier alpha value is -4.28. The third-order valence-corrected chi connectivity index (χ3v) is 9.65. The molecule has 232 valence electrons. The SMILES string of the molecule is COc1ccc(CN2C3CC2CN(c2ccc(-c4cc(OCN5CCC6(CC5)OCCO6)cn5ncc(C#N)c45)cn2)C3)cn1. The van der Waals surface area contributed by atoms with E-state index in [9.17, 15) is 5.26 Å². The number of piperazine rings is 1. The van der Waals surface area contributed by atoms with Crippen LogP contribution in [0, 0.1) is 11.3 Å². The summed E-state index contributed by atoms with van der Waals surface area (Å²) in [6.07, 6.45) is 10.1. The van der Waals surface area contributed by atoms with Crippen LogP contribution < -0.4 is 14.4 Å². The zero-order valence-corrected chi connectivity index (χ0v) is 25.3. The first-order valence-electron chi connectivity index (χ1n) is 15.6. The van der Waals surface area contributed by atoms with Gasteiger partial charge in [0.25, 0.3) is 0 Å². The fourth-order valence-electron chi connectivity index (χ4n) is 7.15. The van der Waals surface area contributed by atoms with Gasteiger partial charge in [-0.15, -0.1) is 0 Å². The maximum Gasteiger partial charge on any atom is 0.212 e. The van der Waals surface area contributed by atoms with Crippen LogP contribution in [-0.4, -0.2) is 100 Å². The van der Waals surface area contributed by atoms with Crippen LogP contribution in [0.1, 0.15) is 30.4 Å². The van der Waals surface area contributed by atoms with E-state index in [1.165, 1.54) is 12.0 Å². The van der Waals surface area contributed by atoms with Crippen molar-refractivity contribution in [3.8, 4) is 28.8 Å². The number of nitriles is 1. The maximum absolute atomic E-state index is 9.81. The number of anilines is 1. The molecule has 4 aromatic heterocycles. The fraction of sp³-hybridized carbons (Fsp3) is 0.455. The fourth-order valence-corrected chi connectivity index (χ4v) is 7.15. The van der Waals surface area contributed by atoms with Crippen molar-refractivity contribution in [3.63, 3.8) is 0 Å². The molecular weight excluding hydrogens is 572 g/mol. The Morgan fingerprint density at radius 3 is 2.53 bits per heavy atom. The van der Waals surface area contributed by atoms with Gasteiger partial charge < -0.3 is 23.8 Å². The lowest BCUT2D eigenvalue weighted by atomic mass is 9.87. The van der Waals surface area contributed by atoms with Crippen molar-refractivity contribution < 1.29 is 18.9 Å². The Kier molecular flexibility index (Phi) is 7.26. The topological polar surface area (TPSA) is 114 Å². The van der Waals surface area contributed by atoms with E-state index in [1.807, 2.05) is 30.7 Å². The summed E-state index contributed by atoms with van der Waals surface area (Å²) in [5.74, 6) is 1.88. The summed E-state index contributed by atoms with van der Waals surface area (Å²) in [5, 5.41) is 14.3. The zero-order chi connectivity index (χ0) is 30.4. The standard InChI is InChI=1S/C33H36N8O4/c1-42-31-5-2-23(15-36-31)18-40-26-12-27(40)20-39(19-26)30-4-3-24(16-35-30)29-13-28(21-41-32(29)25(14-34)17-37-41)43-22-38-8-6-33(7-9-38)44-10-11-45-33/h2-5,13,15-17,21,26-27H,6-12,18-20,22H2,1H3. The van der Waals surface area contributed by atoms with E-state index in [0.29, 0.717) is 49.2 Å². The number of pyridine rings is 3. The average Bonchev–Trinajstić information content (AvgIpc) is 3.74. The highest BCUT2D eigenvalue weighted by Gasteiger charge is 2.44. The Labute approximate surface area is 261 Å². The molecule has 0 radical (unpaired) electrons. The van der Waals surface area contributed by atoms with Gasteiger partial charge in [0, 0.05) is 87.2 Å². The molecule has 0 N–H and O–H groups in total. The van der Waals surface area contributed by atoms with Crippen molar-refractivity contribution in [2.45, 2.75) is 43.7 Å². The monoisotopic (exact) mass is 608 g/mol. The number of hydrogen-bond acceptors (Lipinski definition) is 11. The molecule has 2 unspecified atom stereocenters. The predicted molar refractivity (Wildman–Crippen MR) is 165 cm³/mol. The number of ether oxygens (including phenoxy) is 4. The predicted octanol–water partition coefficient (Wildman–Crippen LogP) is 3.31. The van der Waals surface area contributed by atoms with E-state index < -0.39 is 5.79 Å². The molecule has 5 aliphatic rings. The molecule has 4 aromatic rings. The summed E-state index contributed by atoms with van der Waals surface area (Å²) >= 11 is 0. The van der Waals surface area contributed by atoms with Crippen LogP contribution >= 0.6 is 0 Å². The summed E-state index contributed by atoms with van der Waals surface area (Å²) in [4.78, 5) is 16.5. The molecule has 0 saturated carbocycles. The molecule has 1 spiro atoms. The molecule has 2 bridgehead atoms. The van der Waals surface area contributed by atoms with Gasteiger partial charge in [0.2, 0.25) is 5.88 Å². The summed E-state index contributed by atoms with van der Waals surface area (Å²) in [7, 11) is 1.64. The molecule has 9 rings (SSSR count). The smallest absolute Gasteiger partial charge is 0.212 e. The largest absolute Gasteiger partial charge is 0.481 e. The van der Waals surface area contributed by atoms with Crippen molar-refractivity contribution in [2.24, 2.45) is 0 Å². The summed E-state index contributed by atoms with van der Waals surface area (Å²) in [6, 6.07) is 13.5. The van der Waals surface area contributed by atoms with Gasteiger partial charge >= 0.3 is 0 Å². The number of aromatic nitrogens is 4. The van der Waals surface area contributed by atoms with Crippen LogP contribution in [0.3, 0.4) is 0 Å². The van der Waals surface area contributed by atoms with Crippen LogP contribution in [0.15, 0.2) is 55.1 Å². The number of rotatable bonds is 8. The van der Waals surface area contributed by atoms with Gasteiger partial charge in [-0.3, -0.25) is 9.80 Å². The van der Waals surface area contributed by atoms with E-state index in [4.69, 9.17) is 23.9 Å². The van der Waals surface area contributed by atoms with Crippen LogP contribution in [0.2, 0.25) is 0 Å². The Balaban J connectivity index is 0.953.